The van der Waals surface area contributed by atoms with E-state index in [0.29, 0.717) is 11.3 Å². The molecule has 1 atom stereocenters. The molecule has 8 heteroatoms. The molecule has 2 aliphatic rings. The fourth-order valence-corrected chi connectivity index (χ4v) is 4.33. The monoisotopic (exact) mass is 376 g/mol. The second-order valence-corrected chi connectivity index (χ2v) is 7.23. The van der Waals surface area contributed by atoms with Crippen LogP contribution in [-0.2, 0) is 25.5 Å². The van der Waals surface area contributed by atoms with Gasteiger partial charge in [-0.15, -0.1) is 11.3 Å². The third-order valence-electron chi connectivity index (χ3n) is 4.62. The van der Waals surface area contributed by atoms with Crippen LogP contribution in [0.15, 0.2) is 34.2 Å². The Morgan fingerprint density at radius 2 is 2.23 bits per heavy atom. The minimum Gasteiger partial charge on any atom is -0.466 e. The number of ether oxygens (including phenoxy) is 3. The van der Waals surface area contributed by atoms with Crippen molar-refractivity contribution in [2.24, 2.45) is 5.73 Å². The highest BCUT2D eigenvalue weighted by Gasteiger charge is 2.37. The summed E-state index contributed by atoms with van der Waals surface area (Å²) in [6.45, 7) is 6.06. The van der Waals surface area contributed by atoms with Crippen molar-refractivity contribution in [2.45, 2.75) is 19.4 Å². The number of nitriles is 1. The average Bonchev–Trinajstić information content (AvgIpc) is 3.09. The molecule has 26 heavy (non-hydrogen) atoms. The molecule has 0 radical (unpaired) electrons. The van der Waals surface area contributed by atoms with E-state index in [-0.39, 0.29) is 11.5 Å². The van der Waals surface area contributed by atoms with Crippen LogP contribution in [0.1, 0.15) is 23.3 Å². The summed E-state index contributed by atoms with van der Waals surface area (Å²) in [6, 6.07) is 4.14. The summed E-state index contributed by atoms with van der Waals surface area (Å²) < 4.78 is 15.7. The summed E-state index contributed by atoms with van der Waals surface area (Å²) in [5, 5.41) is 11.6. The number of esters is 1. The molecule has 0 bridgehead atoms. The van der Waals surface area contributed by atoms with Crippen LogP contribution in [0.2, 0.25) is 0 Å². The minimum absolute atomic E-state index is 0.0383. The zero-order chi connectivity index (χ0) is 18.7. The fraction of sp³-hybridized carbons (Fsp3) is 0.444. The number of carbonyl (C=O) groups excluding carboxylic acids is 1. The minimum atomic E-state index is -0.556. The quantitative estimate of drug-likeness (QED) is 0.739. The number of carbonyl (C=O) groups is 1. The van der Waals surface area contributed by atoms with E-state index in [1.54, 1.807) is 6.92 Å². The summed E-state index contributed by atoms with van der Waals surface area (Å²) >= 11 is 1.52. The van der Waals surface area contributed by atoms with Gasteiger partial charge in [-0.25, -0.2) is 4.79 Å². The summed E-state index contributed by atoms with van der Waals surface area (Å²) in [7, 11) is 1.31. The molecule has 1 aromatic heterocycles. The SMILES string of the molecule is COC(=O)C1=C(C)OC(N)=C(C#N)[C@@H]1c1cc(C[NH+]2CCOCC2)cs1. The van der Waals surface area contributed by atoms with Gasteiger partial charge in [-0.05, 0) is 18.4 Å². The van der Waals surface area contributed by atoms with Crippen LogP contribution in [0.3, 0.4) is 0 Å². The molecular formula is C18H22N3O4S+. The Morgan fingerprint density at radius 3 is 2.88 bits per heavy atom. The first kappa shape index (κ1) is 18.5. The van der Waals surface area contributed by atoms with Crippen molar-refractivity contribution >= 4 is 17.3 Å². The molecule has 3 rings (SSSR count). The fourth-order valence-electron chi connectivity index (χ4n) is 3.30. The molecule has 0 amide bonds. The number of nitrogens with zero attached hydrogens (tertiary/aromatic N) is 1. The molecule has 7 nitrogen and oxygen atoms in total. The first-order valence-electron chi connectivity index (χ1n) is 8.40. The van der Waals surface area contributed by atoms with Gasteiger partial charge < -0.3 is 24.8 Å². The van der Waals surface area contributed by atoms with Gasteiger partial charge >= 0.3 is 5.97 Å². The highest BCUT2D eigenvalue weighted by molar-refractivity contribution is 7.10. The van der Waals surface area contributed by atoms with Gasteiger partial charge in [0.15, 0.2) is 0 Å². The maximum Gasteiger partial charge on any atom is 0.338 e. The molecule has 1 saturated heterocycles. The predicted molar refractivity (Wildman–Crippen MR) is 94.9 cm³/mol. The van der Waals surface area contributed by atoms with Crippen molar-refractivity contribution in [1.82, 2.24) is 0 Å². The van der Waals surface area contributed by atoms with E-state index in [1.807, 2.05) is 6.07 Å². The third-order valence-corrected chi connectivity index (χ3v) is 5.67. The summed E-state index contributed by atoms with van der Waals surface area (Å²) in [5.74, 6) is -0.662. The summed E-state index contributed by atoms with van der Waals surface area (Å²) in [4.78, 5) is 14.7. The molecule has 0 unspecified atom stereocenters. The lowest BCUT2D eigenvalue weighted by molar-refractivity contribution is -0.921. The molecule has 0 aromatic carbocycles. The van der Waals surface area contributed by atoms with Crippen LogP contribution >= 0.6 is 11.3 Å². The highest BCUT2D eigenvalue weighted by atomic mass is 32.1. The standard InChI is InChI=1S/C18H21N3O4S/c1-11-15(18(22)23-2)16(13(8-19)17(20)25-11)14-7-12(10-26-14)9-21-3-5-24-6-4-21/h7,10,16H,3-6,9,20H2,1-2H3/p+1/t16-/m1/s1. The zero-order valence-corrected chi connectivity index (χ0v) is 15.6. The Balaban J connectivity index is 1.92. The van der Waals surface area contributed by atoms with Crippen molar-refractivity contribution < 1.29 is 23.9 Å². The number of morpholine rings is 1. The van der Waals surface area contributed by atoms with Crippen LogP contribution in [0.5, 0.6) is 0 Å². The van der Waals surface area contributed by atoms with Gasteiger partial charge in [-0.3, -0.25) is 0 Å². The van der Waals surface area contributed by atoms with E-state index in [4.69, 9.17) is 19.9 Å². The molecule has 1 aromatic rings. The van der Waals surface area contributed by atoms with E-state index < -0.39 is 11.9 Å². The van der Waals surface area contributed by atoms with Crippen LogP contribution in [0, 0.1) is 11.3 Å². The van der Waals surface area contributed by atoms with Crippen molar-refractivity contribution in [3.05, 3.63) is 44.7 Å². The van der Waals surface area contributed by atoms with Gasteiger partial charge in [0.05, 0.1) is 31.8 Å². The molecule has 0 saturated carbocycles. The Kier molecular flexibility index (Phi) is 5.61. The number of thiophene rings is 1. The lowest BCUT2D eigenvalue weighted by atomic mass is 9.87. The predicted octanol–water partition coefficient (Wildman–Crippen LogP) is 0.418. The normalized spacial score (nSPS) is 21.3. The average molecular weight is 376 g/mol. The van der Waals surface area contributed by atoms with Crippen LogP contribution in [0.25, 0.3) is 0 Å². The Hall–Kier alpha value is -2.34. The Bertz CT molecular complexity index is 800. The van der Waals surface area contributed by atoms with Crippen molar-refractivity contribution in [3.8, 4) is 6.07 Å². The van der Waals surface area contributed by atoms with Gasteiger partial charge in [0, 0.05) is 10.4 Å². The second kappa shape index (κ2) is 7.91. The molecule has 3 N–H and O–H groups in total. The Morgan fingerprint density at radius 1 is 1.50 bits per heavy atom. The molecule has 0 aliphatic carbocycles. The maximum atomic E-state index is 12.3. The van der Waals surface area contributed by atoms with Crippen molar-refractivity contribution in [2.75, 3.05) is 33.4 Å². The molecule has 0 spiro atoms. The molecular weight excluding hydrogens is 354 g/mol. The van der Waals surface area contributed by atoms with Crippen LogP contribution in [0.4, 0.5) is 0 Å². The summed E-state index contributed by atoms with van der Waals surface area (Å²) in [5.41, 5.74) is 7.64. The number of quaternary nitrogens is 1. The van der Waals surface area contributed by atoms with Crippen LogP contribution < -0.4 is 10.6 Å². The van der Waals surface area contributed by atoms with E-state index >= 15 is 0 Å². The number of nitrogens with two attached hydrogens (primary N) is 1. The molecule has 2 aliphatic heterocycles. The van der Waals surface area contributed by atoms with Gasteiger partial charge in [-0.2, -0.15) is 5.26 Å². The topological polar surface area (TPSA) is 99.0 Å². The number of hydrogen-bond acceptors (Lipinski definition) is 7. The van der Waals surface area contributed by atoms with E-state index in [2.05, 4.69) is 11.4 Å². The van der Waals surface area contributed by atoms with Gasteiger partial charge in [0.1, 0.15) is 37.0 Å². The number of methoxy groups -OCH3 is 1. The number of rotatable bonds is 4. The van der Waals surface area contributed by atoms with Gasteiger partial charge in [0.25, 0.3) is 0 Å². The second-order valence-electron chi connectivity index (χ2n) is 6.28. The third kappa shape index (κ3) is 3.60. The lowest BCUT2D eigenvalue weighted by Gasteiger charge is -2.25. The molecule has 138 valence electrons. The smallest absolute Gasteiger partial charge is 0.338 e. The first-order chi connectivity index (χ1) is 12.5. The number of nitrogens with one attached hydrogen (secondary N) is 1. The Labute approximate surface area is 156 Å². The van der Waals surface area contributed by atoms with Crippen LogP contribution in [-0.4, -0.2) is 39.4 Å². The first-order valence-corrected chi connectivity index (χ1v) is 9.28. The van der Waals surface area contributed by atoms with E-state index in [0.717, 1.165) is 37.7 Å². The number of allylic oxidation sites excluding steroid dienone is 2. The van der Waals surface area contributed by atoms with Gasteiger partial charge in [-0.1, -0.05) is 0 Å². The van der Waals surface area contributed by atoms with E-state index in [1.165, 1.54) is 28.9 Å². The summed E-state index contributed by atoms with van der Waals surface area (Å²) in [6.07, 6.45) is 0. The zero-order valence-electron chi connectivity index (χ0n) is 14.8. The number of hydrogen-bond donors (Lipinski definition) is 2. The maximum absolute atomic E-state index is 12.3. The lowest BCUT2D eigenvalue weighted by Crippen LogP contribution is -3.12. The van der Waals surface area contributed by atoms with Crippen molar-refractivity contribution in [1.29, 1.82) is 5.26 Å². The molecule has 3 heterocycles. The van der Waals surface area contributed by atoms with Gasteiger partial charge in [0.2, 0.25) is 5.88 Å². The van der Waals surface area contributed by atoms with Crippen molar-refractivity contribution in [3.63, 3.8) is 0 Å². The largest absolute Gasteiger partial charge is 0.466 e. The molecule has 1 fully saturated rings. The highest BCUT2D eigenvalue weighted by Crippen LogP contribution is 2.41. The van der Waals surface area contributed by atoms with E-state index in [9.17, 15) is 10.1 Å².